The fourth-order valence-corrected chi connectivity index (χ4v) is 7.59. The van der Waals surface area contributed by atoms with Crippen LogP contribution in [-0.2, 0) is 13.1 Å². The summed E-state index contributed by atoms with van der Waals surface area (Å²) in [6.45, 7) is 11.2. The number of hydrogen-bond acceptors (Lipinski definition) is 6. The lowest BCUT2D eigenvalue weighted by Gasteiger charge is -2.32. The Kier molecular flexibility index (Phi) is 14.8. The van der Waals surface area contributed by atoms with Gasteiger partial charge in [-0.25, -0.2) is 5.01 Å². The van der Waals surface area contributed by atoms with Crippen LogP contribution >= 0.6 is 0 Å². The van der Waals surface area contributed by atoms with Crippen LogP contribution in [0.3, 0.4) is 0 Å². The fourth-order valence-electron chi connectivity index (χ4n) is 7.59. The Morgan fingerprint density at radius 2 is 1.07 bits per heavy atom. The summed E-state index contributed by atoms with van der Waals surface area (Å²) in [4.78, 5) is 5.12. The molecule has 0 aromatic heterocycles. The smallest absolute Gasteiger partial charge is 0.125 e. The largest absolute Gasteiger partial charge is 0.370 e. The van der Waals surface area contributed by atoms with Gasteiger partial charge < -0.3 is 10.6 Å². The molecule has 4 aromatic rings. The molecule has 2 fully saturated rings. The van der Waals surface area contributed by atoms with Crippen molar-refractivity contribution in [2.45, 2.75) is 65.0 Å². The molecular formula is C45H59N9. The van der Waals surface area contributed by atoms with Crippen molar-refractivity contribution < 1.29 is 0 Å². The predicted molar refractivity (Wildman–Crippen MR) is 223 cm³/mol. The molecule has 284 valence electrons. The van der Waals surface area contributed by atoms with Crippen LogP contribution in [0.15, 0.2) is 120 Å². The van der Waals surface area contributed by atoms with Crippen molar-refractivity contribution in [2.75, 3.05) is 50.8 Å². The van der Waals surface area contributed by atoms with E-state index in [0.717, 1.165) is 101 Å². The van der Waals surface area contributed by atoms with Gasteiger partial charge in [0.15, 0.2) is 0 Å². The highest BCUT2D eigenvalue weighted by Crippen LogP contribution is 2.24. The van der Waals surface area contributed by atoms with Crippen molar-refractivity contribution >= 4 is 23.0 Å². The zero-order valence-electron chi connectivity index (χ0n) is 32.1. The molecule has 0 amide bonds. The summed E-state index contributed by atoms with van der Waals surface area (Å²) in [6.07, 6.45) is 8.00. The Balaban J connectivity index is 0.888. The molecule has 0 saturated carbocycles. The average Bonchev–Trinajstić information content (AvgIpc) is 3.22. The summed E-state index contributed by atoms with van der Waals surface area (Å²) in [6, 6.07) is 37.2. The van der Waals surface area contributed by atoms with E-state index in [0.29, 0.717) is 23.5 Å². The molecule has 2 heterocycles. The first-order valence-electron chi connectivity index (χ1n) is 20.1. The summed E-state index contributed by atoms with van der Waals surface area (Å²) < 4.78 is 0. The summed E-state index contributed by atoms with van der Waals surface area (Å²) in [5, 5.41) is 34.9. The van der Waals surface area contributed by atoms with Gasteiger partial charge in [-0.3, -0.25) is 20.6 Å². The molecule has 0 aliphatic carbocycles. The maximum atomic E-state index is 8.63. The van der Waals surface area contributed by atoms with E-state index in [9.17, 15) is 0 Å². The highest BCUT2D eigenvalue weighted by molar-refractivity contribution is 5.97. The minimum absolute atomic E-state index is 0.451. The molecule has 0 bridgehead atoms. The van der Waals surface area contributed by atoms with Crippen LogP contribution in [0.25, 0.3) is 0 Å². The third-order valence-corrected chi connectivity index (χ3v) is 10.9. The van der Waals surface area contributed by atoms with Crippen LogP contribution in [0.4, 0.5) is 11.4 Å². The number of nitrogens with one attached hydrogen (secondary N) is 4. The summed E-state index contributed by atoms with van der Waals surface area (Å²) >= 11 is 0. The van der Waals surface area contributed by atoms with Crippen molar-refractivity contribution in [3.8, 4) is 0 Å². The maximum Gasteiger partial charge on any atom is 0.125 e. The molecule has 9 heteroatoms. The topological polar surface area (TPSA) is 106 Å². The molecular weight excluding hydrogens is 667 g/mol. The van der Waals surface area contributed by atoms with Crippen LogP contribution in [0.1, 0.15) is 74.1 Å². The first-order chi connectivity index (χ1) is 26.5. The van der Waals surface area contributed by atoms with E-state index in [4.69, 9.17) is 10.8 Å². The maximum absolute atomic E-state index is 8.63. The summed E-state index contributed by atoms with van der Waals surface area (Å²) in [5.74, 6) is 2.34. The highest BCUT2D eigenvalue weighted by Gasteiger charge is 2.20. The quantitative estimate of drug-likeness (QED) is 0.0376. The van der Waals surface area contributed by atoms with Gasteiger partial charge in [0.25, 0.3) is 0 Å². The van der Waals surface area contributed by atoms with Crippen LogP contribution in [0.2, 0.25) is 0 Å². The normalized spacial score (nSPS) is 16.0. The molecule has 0 unspecified atom stereocenters. The zero-order chi connectivity index (χ0) is 37.4. The van der Waals surface area contributed by atoms with Gasteiger partial charge in [-0.05, 0) is 143 Å². The molecule has 0 atom stereocenters. The van der Waals surface area contributed by atoms with Gasteiger partial charge in [-0.15, -0.1) is 5.11 Å². The number of likely N-dealkylation sites (tertiary alicyclic amines) is 2. The van der Waals surface area contributed by atoms with Crippen molar-refractivity contribution in [1.82, 2.24) is 20.4 Å². The molecule has 0 spiro atoms. The SMILES string of the molecule is CCCN(/N=N/c1ccc(C(=N)NCCC2CCN(Cc3ccccc3)CC2)cc1)c1ccc(C(=N)NCCC2CCN(Cc3ccccc3)CC2)cc1. The van der Waals surface area contributed by atoms with Gasteiger partial charge in [-0.1, -0.05) is 72.8 Å². The van der Waals surface area contributed by atoms with Gasteiger partial charge in [0.1, 0.15) is 11.7 Å². The predicted octanol–water partition coefficient (Wildman–Crippen LogP) is 9.04. The molecule has 2 aliphatic rings. The lowest BCUT2D eigenvalue weighted by Crippen LogP contribution is -2.34. The first kappa shape index (κ1) is 38.9. The minimum Gasteiger partial charge on any atom is -0.370 e. The molecule has 0 radical (unpaired) electrons. The van der Waals surface area contributed by atoms with Gasteiger partial charge in [0.2, 0.25) is 0 Å². The number of amidine groups is 2. The second-order valence-electron chi connectivity index (χ2n) is 15.0. The Morgan fingerprint density at radius 3 is 1.52 bits per heavy atom. The van der Waals surface area contributed by atoms with Gasteiger partial charge >= 0.3 is 0 Å². The highest BCUT2D eigenvalue weighted by atomic mass is 15.5. The number of benzene rings is 4. The first-order valence-corrected chi connectivity index (χ1v) is 20.1. The number of anilines is 1. The van der Waals surface area contributed by atoms with E-state index in [1.54, 1.807) is 0 Å². The van der Waals surface area contributed by atoms with E-state index in [1.165, 1.54) is 36.8 Å². The third kappa shape index (κ3) is 12.1. The summed E-state index contributed by atoms with van der Waals surface area (Å²) in [5.41, 5.74) is 6.21. The molecule has 54 heavy (non-hydrogen) atoms. The minimum atomic E-state index is 0.451. The number of rotatable bonds is 17. The Labute approximate surface area is 322 Å². The number of piperidine rings is 2. The average molecular weight is 726 g/mol. The lowest BCUT2D eigenvalue weighted by molar-refractivity contribution is 0.173. The number of nitrogens with zero attached hydrogens (tertiary/aromatic N) is 5. The zero-order valence-corrected chi connectivity index (χ0v) is 32.1. The Hall–Kier alpha value is -4.86. The monoisotopic (exact) mass is 725 g/mol. The van der Waals surface area contributed by atoms with Gasteiger partial charge in [-0.2, -0.15) is 0 Å². The molecule has 2 aliphatic heterocycles. The molecule has 4 aromatic carbocycles. The van der Waals surface area contributed by atoms with E-state index < -0.39 is 0 Å². The molecule has 6 rings (SSSR count). The molecule has 2 saturated heterocycles. The van der Waals surface area contributed by atoms with Gasteiger partial charge in [0, 0.05) is 43.9 Å². The Morgan fingerprint density at radius 1 is 0.630 bits per heavy atom. The van der Waals surface area contributed by atoms with Crippen molar-refractivity contribution in [3.05, 3.63) is 131 Å². The number of hydrogen-bond donors (Lipinski definition) is 4. The van der Waals surface area contributed by atoms with E-state index in [1.807, 2.05) is 53.5 Å². The van der Waals surface area contributed by atoms with E-state index in [2.05, 4.69) is 98.4 Å². The van der Waals surface area contributed by atoms with E-state index in [-0.39, 0.29) is 0 Å². The van der Waals surface area contributed by atoms with Gasteiger partial charge in [0.05, 0.1) is 11.4 Å². The van der Waals surface area contributed by atoms with Crippen molar-refractivity contribution in [2.24, 2.45) is 22.2 Å². The van der Waals surface area contributed by atoms with Crippen molar-refractivity contribution in [3.63, 3.8) is 0 Å². The standard InChI is InChI=1S/C45H59N9/c1-2-29-54(43-19-15-41(16-20-43)45(47)49-28-22-37-25-32-53(33-26-37)35-39-11-7-4-8-12-39)51-50-42-17-13-40(14-18-42)44(46)48-27-21-36-23-30-52(31-24-36)34-38-9-5-3-6-10-38/h3-20,36-37H,2,21-35H2,1H3,(H2,46,48)(H2,47,49)/b51-50+. The lowest BCUT2D eigenvalue weighted by atomic mass is 9.93. The third-order valence-electron chi connectivity index (χ3n) is 10.9. The van der Waals surface area contributed by atoms with Crippen LogP contribution in [0.5, 0.6) is 0 Å². The van der Waals surface area contributed by atoms with Crippen LogP contribution < -0.4 is 15.6 Å². The summed E-state index contributed by atoms with van der Waals surface area (Å²) in [7, 11) is 0. The molecule has 4 N–H and O–H groups in total. The van der Waals surface area contributed by atoms with E-state index >= 15 is 0 Å². The Bertz CT molecular complexity index is 1730. The van der Waals surface area contributed by atoms with Crippen molar-refractivity contribution in [1.29, 1.82) is 10.8 Å². The second-order valence-corrected chi connectivity index (χ2v) is 15.0. The van der Waals surface area contributed by atoms with Crippen LogP contribution in [0, 0.1) is 22.7 Å². The fraction of sp³-hybridized carbons (Fsp3) is 0.422. The molecule has 9 nitrogen and oxygen atoms in total. The van der Waals surface area contributed by atoms with Crippen LogP contribution in [-0.4, -0.2) is 67.3 Å². The second kappa shape index (κ2) is 20.6.